The van der Waals surface area contributed by atoms with Gasteiger partial charge in [-0.05, 0) is 53.9 Å². The molecule has 0 aliphatic carbocycles. The van der Waals surface area contributed by atoms with E-state index < -0.39 is 11.8 Å². The molecule has 0 aliphatic rings. The lowest BCUT2D eigenvalue weighted by atomic mass is 10.1. The molecule has 0 fully saturated rings. The van der Waals surface area contributed by atoms with Crippen molar-refractivity contribution in [3.63, 3.8) is 0 Å². The summed E-state index contributed by atoms with van der Waals surface area (Å²) >= 11 is 0. The summed E-state index contributed by atoms with van der Waals surface area (Å²) < 4.78 is 5.37. The average molecular weight is 351 g/mol. The molecule has 0 aromatic heterocycles. The van der Waals surface area contributed by atoms with Crippen LogP contribution in [0.4, 0.5) is 5.69 Å². The predicted molar refractivity (Wildman–Crippen MR) is 102 cm³/mol. The van der Waals surface area contributed by atoms with Gasteiger partial charge in [-0.1, -0.05) is 31.7 Å². The van der Waals surface area contributed by atoms with Crippen LogP contribution >= 0.6 is 0 Å². The second kappa shape index (κ2) is 9.78. The lowest BCUT2D eigenvalue weighted by Crippen LogP contribution is -2.32. The van der Waals surface area contributed by atoms with E-state index in [1.54, 1.807) is 42.5 Å². The van der Waals surface area contributed by atoms with Gasteiger partial charge in [-0.15, -0.1) is 0 Å². The van der Waals surface area contributed by atoms with Gasteiger partial charge in [0, 0.05) is 5.69 Å². The highest BCUT2D eigenvalue weighted by molar-refractivity contribution is 6.39. The molecule has 0 spiro atoms. The molecule has 0 bridgehead atoms. The van der Waals surface area contributed by atoms with Gasteiger partial charge >= 0.3 is 11.8 Å². The fraction of sp³-hybridized carbons (Fsp3) is 0.150. The normalized spacial score (nSPS) is 10.3. The van der Waals surface area contributed by atoms with Crippen molar-refractivity contribution in [1.82, 2.24) is 5.43 Å². The van der Waals surface area contributed by atoms with Crippen molar-refractivity contribution in [2.45, 2.75) is 13.3 Å². The predicted octanol–water partition coefficient (Wildman–Crippen LogP) is 2.90. The SMILES string of the molecule is C=CCOc1ccc(/C=N/NC(=O)C(=O)Nc2ccc(CC)cc2)cc1. The number of anilines is 1. The minimum Gasteiger partial charge on any atom is -0.490 e. The third kappa shape index (κ3) is 5.90. The Morgan fingerprint density at radius 1 is 1.08 bits per heavy atom. The Labute approximate surface area is 152 Å². The fourth-order valence-corrected chi connectivity index (χ4v) is 2.03. The highest BCUT2D eigenvalue weighted by Gasteiger charge is 2.12. The average Bonchev–Trinajstić information content (AvgIpc) is 2.67. The first-order chi connectivity index (χ1) is 12.6. The molecule has 2 rings (SSSR count). The Morgan fingerprint density at radius 2 is 1.77 bits per heavy atom. The number of ether oxygens (including phenoxy) is 1. The second-order valence-electron chi connectivity index (χ2n) is 5.37. The van der Waals surface area contributed by atoms with E-state index in [4.69, 9.17) is 4.74 Å². The number of hydrazone groups is 1. The summed E-state index contributed by atoms with van der Waals surface area (Å²) in [6, 6.07) is 14.4. The smallest absolute Gasteiger partial charge is 0.329 e. The minimum atomic E-state index is -0.841. The maximum atomic E-state index is 11.8. The molecule has 0 unspecified atom stereocenters. The number of carbonyl (C=O) groups is 2. The fourth-order valence-electron chi connectivity index (χ4n) is 2.03. The molecular formula is C20H21N3O3. The summed E-state index contributed by atoms with van der Waals surface area (Å²) in [5.74, 6) is -0.911. The second-order valence-corrected chi connectivity index (χ2v) is 5.37. The van der Waals surface area contributed by atoms with E-state index in [-0.39, 0.29) is 0 Å². The van der Waals surface area contributed by atoms with Crippen LogP contribution in [-0.2, 0) is 16.0 Å². The first kappa shape index (κ1) is 18.9. The van der Waals surface area contributed by atoms with Crippen LogP contribution in [0.25, 0.3) is 0 Å². The number of rotatable bonds is 7. The molecule has 0 heterocycles. The number of amides is 2. The van der Waals surface area contributed by atoms with Crippen molar-refractivity contribution in [2.75, 3.05) is 11.9 Å². The first-order valence-electron chi connectivity index (χ1n) is 8.19. The van der Waals surface area contributed by atoms with Crippen LogP contribution in [-0.4, -0.2) is 24.6 Å². The zero-order valence-corrected chi connectivity index (χ0v) is 14.6. The van der Waals surface area contributed by atoms with Crippen LogP contribution in [0.1, 0.15) is 18.1 Å². The summed E-state index contributed by atoms with van der Waals surface area (Å²) in [7, 11) is 0. The quantitative estimate of drug-likeness (QED) is 0.348. The summed E-state index contributed by atoms with van der Waals surface area (Å²) in [6.45, 7) is 6.05. The summed E-state index contributed by atoms with van der Waals surface area (Å²) in [5, 5.41) is 6.30. The van der Waals surface area contributed by atoms with E-state index in [9.17, 15) is 9.59 Å². The Balaban J connectivity index is 1.83. The first-order valence-corrected chi connectivity index (χ1v) is 8.19. The lowest BCUT2D eigenvalue weighted by molar-refractivity contribution is -0.136. The summed E-state index contributed by atoms with van der Waals surface area (Å²) in [5.41, 5.74) is 4.66. The number of hydrogen-bond donors (Lipinski definition) is 2. The van der Waals surface area contributed by atoms with Gasteiger partial charge in [0.15, 0.2) is 0 Å². The molecule has 0 saturated carbocycles. The maximum absolute atomic E-state index is 11.8. The molecule has 2 aromatic rings. The van der Waals surface area contributed by atoms with Gasteiger partial charge in [0.2, 0.25) is 0 Å². The number of nitrogens with one attached hydrogen (secondary N) is 2. The topological polar surface area (TPSA) is 79.8 Å². The third-order valence-electron chi connectivity index (χ3n) is 3.45. The van der Waals surface area contributed by atoms with Gasteiger partial charge in [-0.25, -0.2) is 5.43 Å². The Hall–Kier alpha value is -3.41. The van der Waals surface area contributed by atoms with Crippen LogP contribution in [0.15, 0.2) is 66.3 Å². The van der Waals surface area contributed by atoms with E-state index >= 15 is 0 Å². The van der Waals surface area contributed by atoms with Crippen molar-refractivity contribution < 1.29 is 14.3 Å². The van der Waals surface area contributed by atoms with Crippen LogP contribution in [0.2, 0.25) is 0 Å². The third-order valence-corrected chi connectivity index (χ3v) is 3.45. The molecule has 2 amide bonds. The number of nitrogens with zero attached hydrogens (tertiary/aromatic N) is 1. The molecule has 0 saturated heterocycles. The van der Waals surface area contributed by atoms with Gasteiger partial charge in [0.05, 0.1) is 6.21 Å². The number of aryl methyl sites for hydroxylation is 1. The molecule has 0 atom stereocenters. The van der Waals surface area contributed by atoms with Crippen molar-refractivity contribution in [1.29, 1.82) is 0 Å². The highest BCUT2D eigenvalue weighted by Crippen LogP contribution is 2.11. The zero-order chi connectivity index (χ0) is 18.8. The number of carbonyl (C=O) groups excluding carboxylic acids is 2. The zero-order valence-electron chi connectivity index (χ0n) is 14.6. The molecule has 6 heteroatoms. The molecule has 2 aromatic carbocycles. The molecule has 26 heavy (non-hydrogen) atoms. The lowest BCUT2D eigenvalue weighted by Gasteiger charge is -2.05. The van der Waals surface area contributed by atoms with E-state index in [1.807, 2.05) is 19.1 Å². The highest BCUT2D eigenvalue weighted by atomic mass is 16.5. The van der Waals surface area contributed by atoms with Gasteiger partial charge in [0.1, 0.15) is 12.4 Å². The van der Waals surface area contributed by atoms with E-state index in [2.05, 4.69) is 22.4 Å². The van der Waals surface area contributed by atoms with E-state index in [0.29, 0.717) is 18.0 Å². The Kier molecular flexibility index (Phi) is 7.12. The van der Waals surface area contributed by atoms with E-state index in [0.717, 1.165) is 17.5 Å². The van der Waals surface area contributed by atoms with Crippen LogP contribution in [0, 0.1) is 0 Å². The standard InChI is InChI=1S/C20H21N3O3/c1-3-13-26-18-11-7-16(8-12-18)14-21-23-20(25)19(24)22-17-9-5-15(4-2)6-10-17/h3,5-12,14H,1,4,13H2,2H3,(H,22,24)(H,23,25)/b21-14+. The van der Waals surface area contributed by atoms with Gasteiger partial charge in [-0.3, -0.25) is 9.59 Å². The molecule has 2 N–H and O–H groups in total. The molecule has 0 radical (unpaired) electrons. The summed E-state index contributed by atoms with van der Waals surface area (Å²) in [6.07, 6.45) is 4.01. The summed E-state index contributed by atoms with van der Waals surface area (Å²) in [4.78, 5) is 23.6. The van der Waals surface area contributed by atoms with Gasteiger partial charge in [-0.2, -0.15) is 5.10 Å². The maximum Gasteiger partial charge on any atom is 0.329 e. The Bertz CT molecular complexity index is 781. The van der Waals surface area contributed by atoms with Crippen molar-refractivity contribution >= 4 is 23.7 Å². The van der Waals surface area contributed by atoms with Crippen LogP contribution in [0.5, 0.6) is 5.75 Å². The van der Waals surface area contributed by atoms with Crippen LogP contribution < -0.4 is 15.5 Å². The van der Waals surface area contributed by atoms with Crippen molar-refractivity contribution in [3.05, 3.63) is 72.3 Å². The molecule has 6 nitrogen and oxygen atoms in total. The number of benzene rings is 2. The van der Waals surface area contributed by atoms with Gasteiger partial charge < -0.3 is 10.1 Å². The molecule has 134 valence electrons. The minimum absolute atomic E-state index is 0.430. The van der Waals surface area contributed by atoms with Crippen molar-refractivity contribution in [2.24, 2.45) is 5.10 Å². The monoisotopic (exact) mass is 351 g/mol. The Morgan fingerprint density at radius 3 is 2.38 bits per heavy atom. The largest absolute Gasteiger partial charge is 0.490 e. The van der Waals surface area contributed by atoms with Crippen LogP contribution in [0.3, 0.4) is 0 Å². The van der Waals surface area contributed by atoms with Crippen molar-refractivity contribution in [3.8, 4) is 5.75 Å². The number of hydrogen-bond acceptors (Lipinski definition) is 4. The molecular weight excluding hydrogens is 330 g/mol. The van der Waals surface area contributed by atoms with E-state index in [1.165, 1.54) is 6.21 Å². The molecule has 0 aliphatic heterocycles. The van der Waals surface area contributed by atoms with Gasteiger partial charge in [0.25, 0.3) is 0 Å².